The number of hydrogen-bond acceptors (Lipinski definition) is 4. The smallest absolute Gasteiger partial charge is 0.0925 e. The average molecular weight is 198 g/mol. The molecule has 0 unspecified atom stereocenters. The summed E-state index contributed by atoms with van der Waals surface area (Å²) in [5, 5.41) is 3.31. The molecule has 1 aromatic rings. The summed E-state index contributed by atoms with van der Waals surface area (Å²) < 4.78 is 5.21. The molecular formula is C9H14N2OS. The van der Waals surface area contributed by atoms with Gasteiger partial charge in [-0.25, -0.2) is 4.98 Å². The maximum absolute atomic E-state index is 5.74. The van der Waals surface area contributed by atoms with Crippen molar-refractivity contribution in [3.8, 4) is 0 Å². The van der Waals surface area contributed by atoms with Gasteiger partial charge in [-0.1, -0.05) is 6.92 Å². The van der Waals surface area contributed by atoms with E-state index in [-0.39, 0.29) is 5.41 Å². The fraction of sp³-hybridized carbons (Fsp3) is 0.667. The number of nitrogens with zero attached hydrogens (tertiary/aromatic N) is 1. The van der Waals surface area contributed by atoms with E-state index in [1.165, 1.54) is 5.01 Å². The van der Waals surface area contributed by atoms with Crippen LogP contribution < -0.4 is 5.73 Å². The number of hydrogen-bond donors (Lipinski definition) is 1. The molecule has 72 valence electrons. The molecule has 1 aliphatic rings. The van der Waals surface area contributed by atoms with Gasteiger partial charge in [0.2, 0.25) is 0 Å². The summed E-state index contributed by atoms with van der Waals surface area (Å²) in [6.07, 6.45) is 1.01. The van der Waals surface area contributed by atoms with Gasteiger partial charge < -0.3 is 10.5 Å². The van der Waals surface area contributed by atoms with Crippen LogP contribution in [0.1, 0.15) is 17.6 Å². The molecule has 1 fully saturated rings. The van der Waals surface area contributed by atoms with E-state index < -0.39 is 0 Å². The van der Waals surface area contributed by atoms with E-state index in [1.807, 2.05) is 0 Å². The van der Waals surface area contributed by atoms with Crippen molar-refractivity contribution in [2.24, 2.45) is 5.73 Å². The van der Waals surface area contributed by atoms with E-state index in [0.29, 0.717) is 6.54 Å². The van der Waals surface area contributed by atoms with Crippen molar-refractivity contribution < 1.29 is 4.74 Å². The van der Waals surface area contributed by atoms with Crippen LogP contribution in [0.5, 0.6) is 0 Å². The van der Waals surface area contributed by atoms with Gasteiger partial charge in [-0.05, 0) is 6.42 Å². The number of thiazole rings is 1. The molecule has 3 nitrogen and oxygen atoms in total. The van der Waals surface area contributed by atoms with Crippen LogP contribution in [-0.2, 0) is 16.6 Å². The van der Waals surface area contributed by atoms with Crippen molar-refractivity contribution in [3.05, 3.63) is 16.1 Å². The Bertz CT molecular complexity index is 288. The summed E-state index contributed by atoms with van der Waals surface area (Å²) >= 11 is 1.72. The number of nitrogens with two attached hydrogens (primary N) is 1. The molecule has 2 heterocycles. The van der Waals surface area contributed by atoms with Gasteiger partial charge in [0.25, 0.3) is 0 Å². The Hall–Kier alpha value is -0.450. The fourth-order valence-corrected chi connectivity index (χ4v) is 2.30. The first kappa shape index (κ1) is 9.12. The molecule has 1 saturated heterocycles. The molecule has 0 amide bonds. The van der Waals surface area contributed by atoms with E-state index in [2.05, 4.69) is 17.3 Å². The summed E-state index contributed by atoms with van der Waals surface area (Å²) in [6.45, 7) is 4.22. The lowest BCUT2D eigenvalue weighted by molar-refractivity contribution is -0.0568. The molecule has 2 rings (SSSR count). The van der Waals surface area contributed by atoms with Crippen LogP contribution in [0.3, 0.4) is 0 Å². The second-order valence-electron chi connectivity index (χ2n) is 3.46. The molecule has 2 N–H and O–H groups in total. The third kappa shape index (κ3) is 1.39. The van der Waals surface area contributed by atoms with Crippen molar-refractivity contribution in [2.75, 3.05) is 19.8 Å². The molecule has 0 aromatic carbocycles. The molecule has 0 radical (unpaired) electrons. The predicted octanol–water partition coefficient (Wildman–Crippen LogP) is 0.932. The Morgan fingerprint density at radius 1 is 1.69 bits per heavy atom. The highest BCUT2D eigenvalue weighted by molar-refractivity contribution is 7.09. The Kier molecular flexibility index (Phi) is 2.36. The van der Waals surface area contributed by atoms with Crippen LogP contribution in [0, 0.1) is 0 Å². The lowest BCUT2D eigenvalue weighted by Gasteiger charge is -2.39. The Labute approximate surface area is 81.9 Å². The third-order valence-corrected chi connectivity index (χ3v) is 3.54. The molecular weight excluding hydrogens is 184 g/mol. The predicted molar refractivity (Wildman–Crippen MR) is 53.0 cm³/mol. The van der Waals surface area contributed by atoms with Gasteiger partial charge in [-0.15, -0.1) is 11.3 Å². The van der Waals surface area contributed by atoms with Crippen LogP contribution in [0.2, 0.25) is 0 Å². The number of ether oxygens (including phenoxy) is 1. The molecule has 13 heavy (non-hydrogen) atoms. The van der Waals surface area contributed by atoms with Crippen LogP contribution in [0.4, 0.5) is 0 Å². The standard InChI is InChI=1S/C9H14N2OS/c1-2-8-11-7(3-13-8)9(4-10)5-12-6-9/h3H,2,4-6,10H2,1H3. The third-order valence-electron chi connectivity index (χ3n) is 2.55. The van der Waals surface area contributed by atoms with Gasteiger partial charge in [0.15, 0.2) is 0 Å². The van der Waals surface area contributed by atoms with Gasteiger partial charge in [-0.3, -0.25) is 0 Å². The Morgan fingerprint density at radius 3 is 2.85 bits per heavy atom. The van der Waals surface area contributed by atoms with Crippen molar-refractivity contribution >= 4 is 11.3 Å². The Balaban J connectivity index is 2.23. The summed E-state index contributed by atoms with van der Waals surface area (Å²) in [5.41, 5.74) is 6.90. The first-order valence-corrected chi connectivity index (χ1v) is 5.41. The topological polar surface area (TPSA) is 48.1 Å². The van der Waals surface area contributed by atoms with E-state index in [1.54, 1.807) is 11.3 Å². The van der Waals surface area contributed by atoms with Crippen LogP contribution >= 0.6 is 11.3 Å². The minimum absolute atomic E-state index is 0.0317. The van der Waals surface area contributed by atoms with Crippen LogP contribution in [0.15, 0.2) is 5.38 Å². The second kappa shape index (κ2) is 3.36. The lowest BCUT2D eigenvalue weighted by atomic mass is 9.83. The number of aromatic nitrogens is 1. The van der Waals surface area contributed by atoms with Gasteiger partial charge in [0.1, 0.15) is 0 Å². The summed E-state index contributed by atoms with van der Waals surface area (Å²) in [7, 11) is 0. The van der Waals surface area contributed by atoms with Gasteiger partial charge >= 0.3 is 0 Å². The van der Waals surface area contributed by atoms with Crippen molar-refractivity contribution in [1.82, 2.24) is 4.98 Å². The van der Waals surface area contributed by atoms with Crippen LogP contribution in [-0.4, -0.2) is 24.7 Å². The zero-order valence-electron chi connectivity index (χ0n) is 7.75. The van der Waals surface area contributed by atoms with Gasteiger partial charge in [0.05, 0.1) is 29.3 Å². The largest absolute Gasteiger partial charge is 0.379 e. The molecule has 4 heteroatoms. The summed E-state index contributed by atoms with van der Waals surface area (Å²) in [5.74, 6) is 0. The Morgan fingerprint density at radius 2 is 2.46 bits per heavy atom. The van der Waals surface area contributed by atoms with E-state index in [0.717, 1.165) is 25.3 Å². The molecule has 0 bridgehead atoms. The fourth-order valence-electron chi connectivity index (χ4n) is 1.44. The van der Waals surface area contributed by atoms with Crippen LogP contribution in [0.25, 0.3) is 0 Å². The van der Waals surface area contributed by atoms with E-state index in [9.17, 15) is 0 Å². The maximum atomic E-state index is 5.74. The zero-order chi connectivity index (χ0) is 9.31. The summed E-state index contributed by atoms with van der Waals surface area (Å²) in [6, 6.07) is 0. The van der Waals surface area contributed by atoms with Gasteiger partial charge in [0, 0.05) is 11.9 Å². The van der Waals surface area contributed by atoms with Crippen molar-refractivity contribution in [2.45, 2.75) is 18.8 Å². The normalized spacial score (nSPS) is 19.8. The minimum Gasteiger partial charge on any atom is -0.379 e. The molecule has 0 saturated carbocycles. The number of rotatable bonds is 3. The first-order valence-electron chi connectivity index (χ1n) is 4.53. The maximum Gasteiger partial charge on any atom is 0.0925 e. The highest BCUT2D eigenvalue weighted by Crippen LogP contribution is 2.31. The van der Waals surface area contributed by atoms with E-state index >= 15 is 0 Å². The minimum atomic E-state index is 0.0317. The SMILES string of the molecule is CCc1nc(C2(CN)COC2)cs1. The summed E-state index contributed by atoms with van der Waals surface area (Å²) in [4.78, 5) is 4.55. The highest BCUT2D eigenvalue weighted by atomic mass is 32.1. The number of aryl methyl sites for hydroxylation is 1. The van der Waals surface area contributed by atoms with E-state index in [4.69, 9.17) is 10.5 Å². The first-order chi connectivity index (χ1) is 6.30. The van der Waals surface area contributed by atoms with Crippen molar-refractivity contribution in [1.29, 1.82) is 0 Å². The highest BCUT2D eigenvalue weighted by Gasteiger charge is 2.41. The lowest BCUT2D eigenvalue weighted by Crippen LogP contribution is -2.52. The van der Waals surface area contributed by atoms with Gasteiger partial charge in [-0.2, -0.15) is 0 Å². The zero-order valence-corrected chi connectivity index (χ0v) is 8.56. The molecule has 1 aromatic heterocycles. The molecule has 1 aliphatic heterocycles. The molecule has 0 aliphatic carbocycles. The quantitative estimate of drug-likeness (QED) is 0.786. The molecule has 0 atom stereocenters. The average Bonchev–Trinajstić information content (AvgIpc) is 2.52. The van der Waals surface area contributed by atoms with Crippen molar-refractivity contribution in [3.63, 3.8) is 0 Å². The monoisotopic (exact) mass is 198 g/mol. The molecule has 0 spiro atoms. The second-order valence-corrected chi connectivity index (χ2v) is 4.40.